The van der Waals surface area contributed by atoms with Crippen LogP contribution in [0.5, 0.6) is 17.2 Å². The maximum Gasteiger partial charge on any atom is 0.335 e. The maximum atomic E-state index is 14.9. The number of nitriles is 1. The number of imidazole rings is 1. The van der Waals surface area contributed by atoms with Crippen LogP contribution in [0.4, 0.5) is 4.39 Å². The summed E-state index contributed by atoms with van der Waals surface area (Å²) in [5.41, 5.74) is 4.85. The van der Waals surface area contributed by atoms with Crippen LogP contribution in [0.3, 0.4) is 0 Å². The Labute approximate surface area is 286 Å². The Balaban J connectivity index is 1.11. The summed E-state index contributed by atoms with van der Waals surface area (Å²) in [6, 6.07) is 15.4. The lowest BCUT2D eigenvalue weighted by atomic mass is 9.88. The van der Waals surface area contributed by atoms with Gasteiger partial charge in [0.25, 0.3) is 0 Å². The summed E-state index contributed by atoms with van der Waals surface area (Å²) in [7, 11) is 1.58. The second-order valence-electron chi connectivity index (χ2n) is 12.1. The van der Waals surface area contributed by atoms with Gasteiger partial charge in [0.1, 0.15) is 36.1 Å². The zero-order valence-corrected chi connectivity index (χ0v) is 27.6. The van der Waals surface area contributed by atoms with E-state index in [2.05, 4.69) is 20.5 Å². The van der Waals surface area contributed by atoms with Crippen LogP contribution in [0, 0.1) is 17.1 Å². The van der Waals surface area contributed by atoms with Crippen molar-refractivity contribution in [1.29, 1.82) is 5.26 Å². The monoisotopic (exact) mass is 683 g/mol. The molecule has 13 heteroatoms. The molecule has 0 saturated carbocycles. The molecular weight excluding hydrogens is 649 g/mol. The van der Waals surface area contributed by atoms with Crippen LogP contribution in [-0.2, 0) is 17.8 Å². The van der Waals surface area contributed by atoms with Gasteiger partial charge in [0.15, 0.2) is 17.6 Å². The van der Waals surface area contributed by atoms with Crippen LogP contribution in [0.1, 0.15) is 62.6 Å². The largest absolute Gasteiger partial charge is 0.489 e. The molecule has 7 rings (SSSR count). The average Bonchev–Trinajstić information content (AvgIpc) is 3.76. The van der Waals surface area contributed by atoms with Crippen LogP contribution in [0.15, 0.2) is 60.2 Å². The molecule has 0 bridgehead atoms. The minimum absolute atomic E-state index is 0.124. The molecular formula is C36H34FN5O6S. The molecule has 0 amide bonds. The number of likely N-dealkylation sites (tertiary alicyclic amines) is 1. The van der Waals surface area contributed by atoms with Gasteiger partial charge in [-0.1, -0.05) is 18.2 Å². The van der Waals surface area contributed by atoms with Crippen LogP contribution >= 0.6 is 11.3 Å². The summed E-state index contributed by atoms with van der Waals surface area (Å²) in [6.45, 7) is 3.45. The number of carbonyl (C=O) groups is 1. The second kappa shape index (κ2) is 14.2. The predicted octanol–water partition coefficient (Wildman–Crippen LogP) is 6.17. The highest BCUT2D eigenvalue weighted by Crippen LogP contribution is 2.45. The molecule has 2 aliphatic heterocycles. The average molecular weight is 684 g/mol. The number of hydrogen-bond acceptors (Lipinski definition) is 10. The molecule has 2 aliphatic rings. The third kappa shape index (κ3) is 6.80. The topological polar surface area (TPSA) is 132 Å². The number of benzene rings is 3. The lowest BCUT2D eigenvalue weighted by Gasteiger charge is -2.35. The van der Waals surface area contributed by atoms with Crippen LogP contribution in [0.2, 0.25) is 0 Å². The molecule has 0 aliphatic carbocycles. The molecule has 49 heavy (non-hydrogen) atoms. The molecule has 1 fully saturated rings. The molecule has 3 aromatic carbocycles. The molecule has 2 aromatic heterocycles. The van der Waals surface area contributed by atoms with Gasteiger partial charge < -0.3 is 28.6 Å². The van der Waals surface area contributed by atoms with Crippen molar-refractivity contribution in [2.45, 2.75) is 38.0 Å². The number of nitrogens with zero attached hydrogens (tertiary/aromatic N) is 5. The number of fused-ring (bicyclic) bond motifs is 2. The number of thiazole rings is 1. The summed E-state index contributed by atoms with van der Waals surface area (Å²) in [4.78, 5) is 24.7. The fourth-order valence-corrected chi connectivity index (χ4v) is 7.11. The number of para-hydroxylation sites is 1. The minimum atomic E-state index is -1.04. The molecule has 11 nitrogen and oxygen atoms in total. The summed E-state index contributed by atoms with van der Waals surface area (Å²) in [6.07, 6.45) is 2.91. The van der Waals surface area contributed by atoms with Crippen LogP contribution < -0.4 is 14.2 Å². The lowest BCUT2D eigenvalue weighted by Crippen LogP contribution is -2.34. The number of aromatic nitrogens is 3. The van der Waals surface area contributed by atoms with E-state index in [0.29, 0.717) is 53.5 Å². The van der Waals surface area contributed by atoms with E-state index in [-0.39, 0.29) is 30.3 Å². The van der Waals surface area contributed by atoms with E-state index in [0.717, 1.165) is 42.2 Å². The smallest absolute Gasteiger partial charge is 0.335 e. The number of piperidine rings is 1. The third-order valence-electron chi connectivity index (χ3n) is 9.02. The second-order valence-corrected chi connectivity index (χ2v) is 13.0. The molecule has 1 atom stereocenters. The quantitative estimate of drug-likeness (QED) is 0.161. The normalized spacial score (nSPS) is 16.5. The highest BCUT2D eigenvalue weighted by atomic mass is 32.1. The molecule has 5 aromatic rings. The molecule has 0 unspecified atom stereocenters. The van der Waals surface area contributed by atoms with Crippen molar-refractivity contribution >= 4 is 28.3 Å². The first-order valence-electron chi connectivity index (χ1n) is 16.0. The van der Waals surface area contributed by atoms with Crippen molar-refractivity contribution in [2.24, 2.45) is 0 Å². The molecule has 1 saturated heterocycles. The number of rotatable bonds is 11. The Morgan fingerprint density at radius 2 is 2.00 bits per heavy atom. The van der Waals surface area contributed by atoms with Crippen molar-refractivity contribution < 1.29 is 33.2 Å². The summed E-state index contributed by atoms with van der Waals surface area (Å²) < 4.78 is 40.5. The van der Waals surface area contributed by atoms with Crippen LogP contribution in [0.25, 0.3) is 11.0 Å². The zero-order chi connectivity index (χ0) is 33.9. The van der Waals surface area contributed by atoms with E-state index in [1.54, 1.807) is 30.8 Å². The fourth-order valence-electron chi connectivity index (χ4n) is 6.53. The van der Waals surface area contributed by atoms with E-state index in [4.69, 9.17) is 29.2 Å². The molecule has 252 valence electrons. The Morgan fingerprint density at radius 3 is 2.73 bits per heavy atom. The Morgan fingerprint density at radius 1 is 1.14 bits per heavy atom. The van der Waals surface area contributed by atoms with Crippen LogP contribution in [-0.4, -0.2) is 70.5 Å². The Kier molecular flexibility index (Phi) is 9.43. The van der Waals surface area contributed by atoms with E-state index in [1.165, 1.54) is 23.5 Å². The number of carboxylic acids is 1. The highest BCUT2D eigenvalue weighted by molar-refractivity contribution is 7.09. The number of methoxy groups -OCH3 is 1. The van der Waals surface area contributed by atoms with Crippen molar-refractivity contribution in [3.8, 4) is 23.3 Å². The predicted molar refractivity (Wildman–Crippen MR) is 179 cm³/mol. The SMILES string of the molecule is COCCOc1cc(C(=O)O)cc2c1nc(CN1CCC(c3cccc4c3O[C@@H](c3ccc(C#N)cc3F)CO4)CC1)n2Cc1cncs1. The van der Waals surface area contributed by atoms with Gasteiger partial charge in [0.2, 0.25) is 0 Å². The molecule has 0 radical (unpaired) electrons. The van der Waals surface area contributed by atoms with Crippen molar-refractivity contribution in [3.63, 3.8) is 0 Å². The third-order valence-corrected chi connectivity index (χ3v) is 9.78. The van der Waals surface area contributed by atoms with Gasteiger partial charge in [-0.2, -0.15) is 5.26 Å². The highest BCUT2D eigenvalue weighted by Gasteiger charge is 2.31. The first-order valence-corrected chi connectivity index (χ1v) is 16.9. The molecule has 4 heterocycles. The van der Waals surface area contributed by atoms with Gasteiger partial charge >= 0.3 is 5.97 Å². The number of halogens is 1. The van der Waals surface area contributed by atoms with E-state index in [1.807, 2.05) is 24.4 Å². The van der Waals surface area contributed by atoms with Gasteiger partial charge in [-0.25, -0.2) is 14.2 Å². The summed E-state index contributed by atoms with van der Waals surface area (Å²) >= 11 is 1.53. The fraction of sp³-hybridized carbons (Fsp3) is 0.333. The summed E-state index contributed by atoms with van der Waals surface area (Å²) in [5.74, 6) is 1.17. The van der Waals surface area contributed by atoms with Crippen molar-refractivity contribution in [3.05, 3.63) is 99.0 Å². The van der Waals surface area contributed by atoms with Gasteiger partial charge in [-0.05, 0) is 62.2 Å². The first-order chi connectivity index (χ1) is 23.9. The van der Waals surface area contributed by atoms with Gasteiger partial charge in [0, 0.05) is 29.3 Å². The van der Waals surface area contributed by atoms with Gasteiger partial charge in [-0.3, -0.25) is 9.88 Å². The first kappa shape index (κ1) is 32.5. The Hall–Kier alpha value is -5.03. The summed E-state index contributed by atoms with van der Waals surface area (Å²) in [5, 5.41) is 19.0. The minimum Gasteiger partial charge on any atom is -0.489 e. The van der Waals surface area contributed by atoms with Gasteiger partial charge in [-0.15, -0.1) is 11.3 Å². The number of ether oxygens (including phenoxy) is 4. The Bertz CT molecular complexity index is 2020. The van der Waals surface area contributed by atoms with E-state index in [9.17, 15) is 14.3 Å². The zero-order valence-electron chi connectivity index (χ0n) is 26.8. The maximum absolute atomic E-state index is 14.9. The van der Waals surface area contributed by atoms with Crippen molar-refractivity contribution in [2.75, 3.05) is 40.0 Å². The number of hydrogen-bond donors (Lipinski definition) is 1. The molecule has 1 N–H and O–H groups in total. The van der Waals surface area contributed by atoms with Crippen molar-refractivity contribution in [1.82, 2.24) is 19.4 Å². The van der Waals surface area contributed by atoms with E-state index >= 15 is 0 Å². The standard InChI is InChI=1S/C36H34FN5O6S/c1-45-11-12-46-31-15-24(36(43)44)14-29-34(31)40-33(42(29)18-25-17-39-21-49-25)19-41-9-7-23(8-10-41)26-3-2-4-30-35(26)48-32(20-47-30)27-6-5-22(16-38)13-28(27)37/h2-6,13-15,17,21,23,32H,7-12,18-20H2,1H3,(H,43,44)/t32-/m1/s1. The molecule has 0 spiro atoms. The van der Waals surface area contributed by atoms with Gasteiger partial charge in [0.05, 0.1) is 47.9 Å². The number of aromatic carboxylic acids is 1. The number of carboxylic acid groups (broad SMARTS) is 1. The van der Waals surface area contributed by atoms with E-state index < -0.39 is 17.9 Å². The lowest BCUT2D eigenvalue weighted by molar-refractivity contribution is 0.0696.